The summed E-state index contributed by atoms with van der Waals surface area (Å²) < 4.78 is 427. The number of hydrogen-bond acceptors (Lipinski definition) is 9. The highest BCUT2D eigenvalue weighted by molar-refractivity contribution is 7.78. The average Bonchev–Trinajstić information content (AvgIpc) is 3.00. The maximum Gasteiger partial charge on any atom is 0.455 e. The van der Waals surface area contributed by atoms with Crippen molar-refractivity contribution in [2.45, 2.75) is 72.6 Å². The molecule has 0 aliphatic carbocycles. The monoisotopic (exact) mass is 1030 g/mol. The van der Waals surface area contributed by atoms with Gasteiger partial charge in [-0.2, -0.15) is 132 Å². The molecule has 0 spiro atoms. The molecule has 360 valence electrons. The molecule has 0 saturated carbocycles. The summed E-state index contributed by atoms with van der Waals surface area (Å²) in [6.07, 6.45) is -43.0. The van der Waals surface area contributed by atoms with Crippen molar-refractivity contribution in [3.8, 4) is 0 Å². The number of alkyl halides is 30. The molecule has 0 aromatic carbocycles. The van der Waals surface area contributed by atoms with Crippen molar-refractivity contribution >= 4 is 23.0 Å². The summed E-state index contributed by atoms with van der Waals surface area (Å²) in [6, 6.07) is 0. The van der Waals surface area contributed by atoms with E-state index in [1.165, 1.54) is 0 Å². The maximum atomic E-state index is 13.9. The van der Waals surface area contributed by atoms with E-state index in [9.17, 15) is 132 Å². The van der Waals surface area contributed by atoms with E-state index in [1.807, 2.05) is 13.5 Å². The van der Waals surface area contributed by atoms with Gasteiger partial charge in [0.15, 0.2) is 0 Å². The van der Waals surface area contributed by atoms with Crippen LogP contribution >= 0.6 is 23.0 Å². The Morgan fingerprint density at radius 2 is 0.317 bits per heavy atom. The summed E-state index contributed by atoms with van der Waals surface area (Å²) >= 11 is 0. The minimum absolute atomic E-state index is 2.01. The first-order valence-corrected chi connectivity index (χ1v) is 17.9. The second-order valence-corrected chi connectivity index (χ2v) is 17.2. The molecule has 0 fully saturated rings. The van der Waals surface area contributed by atoms with Crippen LogP contribution in [0.4, 0.5) is 132 Å². The van der Waals surface area contributed by atoms with Crippen molar-refractivity contribution in [1.29, 1.82) is 0 Å². The quantitative estimate of drug-likeness (QED) is 0.100. The Kier molecular flexibility index (Phi) is 16.0. The van der Waals surface area contributed by atoms with Gasteiger partial charge in [-0.25, -0.2) is 0 Å². The van der Waals surface area contributed by atoms with Crippen LogP contribution in [0.5, 0.6) is 0 Å². The van der Waals surface area contributed by atoms with Gasteiger partial charge in [0.25, 0.3) is 0 Å². The highest BCUT2D eigenvalue weighted by Crippen LogP contribution is 2.81. The summed E-state index contributed by atoms with van der Waals surface area (Å²) in [5.74, 6) is -40.7. The van der Waals surface area contributed by atoms with Crippen LogP contribution in [0.15, 0.2) is 13.5 Å². The zero-order valence-corrected chi connectivity index (χ0v) is 29.4. The third kappa shape index (κ3) is 13.7. The molecule has 0 bridgehead atoms. The molecule has 0 N–H and O–H groups in total. The van der Waals surface area contributed by atoms with Crippen LogP contribution < -0.4 is 0 Å². The van der Waals surface area contributed by atoms with E-state index in [4.69, 9.17) is 0 Å². The average molecular weight is 1030 g/mol. The van der Waals surface area contributed by atoms with Crippen molar-refractivity contribution < 1.29 is 159 Å². The first kappa shape index (κ1) is 56.4. The Balaban J connectivity index is 4.82. The van der Waals surface area contributed by atoms with Crippen LogP contribution in [0.2, 0.25) is 0 Å². The second-order valence-electron chi connectivity index (χ2n) is 10.6. The summed E-state index contributed by atoms with van der Waals surface area (Å²) in [5, 5.41) is 0. The minimum Gasteiger partial charge on any atom is -0.300 e. The lowest BCUT2D eigenvalue weighted by molar-refractivity contribution is -0.294. The highest BCUT2D eigenvalue weighted by atomic mass is 31.3. The van der Waals surface area contributed by atoms with Gasteiger partial charge in [0.05, 0.1) is 0 Å². The Bertz CT molecular complexity index is 1350. The summed E-state index contributed by atoms with van der Waals surface area (Å²) in [7, 11) is -23.3. The molecule has 1 heterocycles. The molecule has 0 radical (unpaired) electrons. The van der Waals surface area contributed by atoms with Crippen LogP contribution in [0.3, 0.4) is 0 Å². The number of rotatable bonds is 18. The van der Waals surface area contributed by atoms with E-state index in [0.29, 0.717) is 0 Å². The Labute approximate surface area is 308 Å². The van der Waals surface area contributed by atoms with E-state index < -0.39 is 135 Å². The van der Waals surface area contributed by atoms with Gasteiger partial charge in [-0.3, -0.25) is 27.1 Å². The fourth-order valence-corrected chi connectivity index (χ4v) is 11.9. The maximum absolute atomic E-state index is 13.9. The molecule has 1 aliphatic heterocycles. The Hall–Kier alpha value is -1.65. The molecule has 0 aromatic rings. The lowest BCUT2D eigenvalue weighted by Gasteiger charge is -2.36. The minimum atomic E-state index is -7.77. The number of nitrogens with zero attached hydrogens (tertiary/aromatic N) is 3. The molecule has 1 rings (SSSR count). The Morgan fingerprint density at radius 1 is 0.217 bits per heavy atom. The largest absolute Gasteiger partial charge is 0.455 e. The van der Waals surface area contributed by atoms with Gasteiger partial charge in [-0.05, 0) is 0 Å². The molecule has 0 unspecified atom stereocenters. The first-order chi connectivity index (χ1) is 25.9. The summed E-state index contributed by atoms with van der Waals surface area (Å²) in [4.78, 5) is 0. The van der Waals surface area contributed by atoms with E-state index in [-0.39, 0.29) is 0 Å². The highest BCUT2D eigenvalue weighted by Gasteiger charge is 2.66. The smallest absolute Gasteiger partial charge is 0.300 e. The van der Waals surface area contributed by atoms with Crippen LogP contribution in [0, 0.1) is 0 Å². The number of hydrogen-bond donors (Lipinski definition) is 0. The van der Waals surface area contributed by atoms with Gasteiger partial charge in [-0.1, -0.05) is 0 Å². The van der Waals surface area contributed by atoms with Crippen LogP contribution in [0.1, 0.15) is 0 Å². The normalized spacial score (nSPS) is 19.1. The van der Waals surface area contributed by atoms with Gasteiger partial charge >= 0.3 is 95.6 Å². The third-order valence-corrected chi connectivity index (χ3v) is 13.9. The van der Waals surface area contributed by atoms with Gasteiger partial charge in [0, 0.05) is 0 Å². The lowest BCUT2D eigenvalue weighted by atomic mass is 10.3. The number of halogens is 30. The van der Waals surface area contributed by atoms with Gasteiger partial charge in [0.1, 0.15) is 39.6 Å². The SMILES string of the molecule is FC(F)(F)C(F)(F)COP1(OCC(F)(F)C(F)(F)F)=NP(OCC(F)(F)C(F)(F)F)(OCC(F)(F)C(F)(F)F)=NP(OCC(F)(F)C(F)(F)F)(OCC(F)(F)C(F)(F)F)=N1. The van der Waals surface area contributed by atoms with Crippen molar-refractivity contribution in [2.75, 3.05) is 39.6 Å². The lowest BCUT2D eigenvalue weighted by Crippen LogP contribution is -2.42. The molecule has 0 saturated heterocycles. The third-order valence-electron chi connectivity index (χ3n) is 5.65. The fourth-order valence-electron chi connectivity index (χ4n) is 2.39. The summed E-state index contributed by atoms with van der Waals surface area (Å²) in [6.45, 7) is -23.8. The van der Waals surface area contributed by atoms with Crippen molar-refractivity contribution in [3.05, 3.63) is 0 Å². The fraction of sp³-hybridized carbons (Fsp3) is 1.00. The first-order valence-electron chi connectivity index (χ1n) is 13.3. The second kappa shape index (κ2) is 17.0. The van der Waals surface area contributed by atoms with Crippen molar-refractivity contribution in [2.24, 2.45) is 13.5 Å². The molecule has 0 atom stereocenters. The van der Waals surface area contributed by atoms with Crippen LogP contribution in [0.25, 0.3) is 0 Å². The zero-order valence-electron chi connectivity index (χ0n) is 26.7. The van der Waals surface area contributed by atoms with Crippen LogP contribution in [-0.2, 0) is 27.1 Å². The molecular formula is C18H12F30N3O6P3. The molecule has 42 heteroatoms. The molecule has 60 heavy (non-hydrogen) atoms. The zero-order chi connectivity index (χ0) is 48.1. The van der Waals surface area contributed by atoms with Crippen molar-refractivity contribution in [1.82, 2.24) is 0 Å². The van der Waals surface area contributed by atoms with Gasteiger partial charge < -0.3 is 0 Å². The topological polar surface area (TPSA) is 92.5 Å². The molecule has 9 nitrogen and oxygen atoms in total. The van der Waals surface area contributed by atoms with E-state index in [0.717, 1.165) is 0 Å². The standard InChI is InChI=1S/C18H12F30N3O6P3/c19-7(20,13(31,32)33)1-52-58(53-2-8(21,22)14(34,35)36)49-59(54-3-9(23,24)15(37,38)39,55-4-10(25,26)16(40,41)42)51-60(50-58,56-5-11(27,28)17(43,44)45)57-6-12(29,30)18(46,47)48/h1-6H2. The van der Waals surface area contributed by atoms with E-state index in [2.05, 4.69) is 27.1 Å². The predicted octanol–water partition coefficient (Wildman–Crippen LogP) is 13.1. The van der Waals surface area contributed by atoms with E-state index in [1.54, 1.807) is 0 Å². The van der Waals surface area contributed by atoms with Crippen LogP contribution in [-0.4, -0.2) is 112 Å². The molecule has 0 amide bonds. The molecule has 1 aliphatic rings. The molecule has 0 aromatic heterocycles. The van der Waals surface area contributed by atoms with Gasteiger partial charge in [0.2, 0.25) is 0 Å². The van der Waals surface area contributed by atoms with Crippen molar-refractivity contribution in [3.63, 3.8) is 0 Å². The van der Waals surface area contributed by atoms with E-state index >= 15 is 0 Å². The van der Waals surface area contributed by atoms with Gasteiger partial charge in [-0.15, -0.1) is 13.5 Å². The molecular weight excluding hydrogens is 1020 g/mol. The predicted molar refractivity (Wildman–Crippen MR) is 130 cm³/mol. The Morgan fingerprint density at radius 3 is 0.400 bits per heavy atom. The summed E-state index contributed by atoms with van der Waals surface area (Å²) in [5.41, 5.74) is 0.